The van der Waals surface area contributed by atoms with Crippen LogP contribution in [0.5, 0.6) is 5.75 Å². The minimum Gasteiger partial charge on any atom is -0.486 e. The molecule has 0 bridgehead atoms. The van der Waals surface area contributed by atoms with Crippen LogP contribution in [-0.4, -0.2) is 20.8 Å². The SMILES string of the molecule is CS(=O)(=O)Nc1cccc(N)c1OC1CC1. The van der Waals surface area contributed by atoms with Gasteiger partial charge in [-0.2, -0.15) is 0 Å². The second-order valence-electron chi connectivity index (χ2n) is 3.92. The Morgan fingerprint density at radius 2 is 2.12 bits per heavy atom. The van der Waals surface area contributed by atoms with Crippen molar-refractivity contribution >= 4 is 21.4 Å². The molecule has 2 rings (SSSR count). The molecule has 1 fully saturated rings. The van der Waals surface area contributed by atoms with Crippen LogP contribution in [0.1, 0.15) is 12.8 Å². The number of hydrogen-bond acceptors (Lipinski definition) is 4. The third-order valence-electron chi connectivity index (χ3n) is 2.15. The van der Waals surface area contributed by atoms with E-state index < -0.39 is 10.0 Å². The summed E-state index contributed by atoms with van der Waals surface area (Å²) < 4.78 is 30.3. The molecule has 16 heavy (non-hydrogen) atoms. The van der Waals surface area contributed by atoms with Crippen LogP contribution < -0.4 is 15.2 Å². The Morgan fingerprint density at radius 3 is 2.69 bits per heavy atom. The third kappa shape index (κ3) is 2.79. The minimum absolute atomic E-state index is 0.171. The van der Waals surface area contributed by atoms with Crippen LogP contribution in [0.3, 0.4) is 0 Å². The zero-order valence-electron chi connectivity index (χ0n) is 8.93. The molecule has 0 atom stereocenters. The van der Waals surface area contributed by atoms with Crippen molar-refractivity contribution in [3.63, 3.8) is 0 Å². The van der Waals surface area contributed by atoms with Crippen LogP contribution in [0.15, 0.2) is 18.2 Å². The summed E-state index contributed by atoms with van der Waals surface area (Å²) in [7, 11) is -3.32. The van der Waals surface area contributed by atoms with Crippen molar-refractivity contribution in [2.75, 3.05) is 16.7 Å². The average molecular weight is 242 g/mol. The van der Waals surface area contributed by atoms with Crippen LogP contribution in [0.4, 0.5) is 11.4 Å². The van der Waals surface area contributed by atoms with Crippen molar-refractivity contribution in [2.45, 2.75) is 18.9 Å². The van der Waals surface area contributed by atoms with E-state index >= 15 is 0 Å². The van der Waals surface area contributed by atoms with Gasteiger partial charge in [0.25, 0.3) is 0 Å². The standard InChI is InChI=1S/C10H14N2O3S/c1-16(13,14)12-9-4-2-3-8(11)10(9)15-7-5-6-7/h2-4,7,12H,5-6,11H2,1H3. The second-order valence-corrected chi connectivity index (χ2v) is 5.66. The minimum atomic E-state index is -3.32. The number of nitrogens with one attached hydrogen (secondary N) is 1. The lowest BCUT2D eigenvalue weighted by Gasteiger charge is -2.13. The summed E-state index contributed by atoms with van der Waals surface area (Å²) in [6, 6.07) is 5.00. The number of hydrogen-bond donors (Lipinski definition) is 2. The Hall–Kier alpha value is -1.43. The van der Waals surface area contributed by atoms with Crippen molar-refractivity contribution in [3.8, 4) is 5.75 Å². The van der Waals surface area contributed by atoms with Gasteiger partial charge in [-0.1, -0.05) is 6.07 Å². The summed E-state index contributed by atoms with van der Waals surface area (Å²) in [6.07, 6.45) is 3.25. The number of benzene rings is 1. The monoisotopic (exact) mass is 242 g/mol. The van der Waals surface area contributed by atoms with Gasteiger partial charge in [0.15, 0.2) is 5.75 Å². The van der Waals surface area contributed by atoms with E-state index in [4.69, 9.17) is 10.5 Å². The van der Waals surface area contributed by atoms with E-state index in [9.17, 15) is 8.42 Å². The first kappa shape index (κ1) is 11.1. The Balaban J connectivity index is 2.31. The summed E-state index contributed by atoms with van der Waals surface area (Å²) in [5, 5.41) is 0. The first-order valence-electron chi connectivity index (χ1n) is 4.98. The van der Waals surface area contributed by atoms with Crippen LogP contribution in [0.2, 0.25) is 0 Å². The maximum absolute atomic E-state index is 11.2. The predicted molar refractivity (Wildman–Crippen MR) is 63.0 cm³/mol. The molecule has 1 aromatic rings. The molecule has 0 aromatic heterocycles. The Morgan fingerprint density at radius 1 is 1.44 bits per heavy atom. The van der Waals surface area contributed by atoms with Crippen molar-refractivity contribution in [1.29, 1.82) is 0 Å². The lowest BCUT2D eigenvalue weighted by molar-refractivity contribution is 0.306. The maximum atomic E-state index is 11.2. The van der Waals surface area contributed by atoms with Gasteiger partial charge in [0, 0.05) is 0 Å². The van der Waals surface area contributed by atoms with E-state index in [0.717, 1.165) is 19.1 Å². The molecule has 0 amide bonds. The van der Waals surface area contributed by atoms with Crippen LogP contribution >= 0.6 is 0 Å². The van der Waals surface area contributed by atoms with Gasteiger partial charge >= 0.3 is 0 Å². The van der Waals surface area contributed by atoms with Crippen LogP contribution in [0, 0.1) is 0 Å². The van der Waals surface area contributed by atoms with E-state index in [-0.39, 0.29) is 6.10 Å². The topological polar surface area (TPSA) is 81.4 Å². The van der Waals surface area contributed by atoms with Gasteiger partial charge in [-0.05, 0) is 25.0 Å². The first-order valence-corrected chi connectivity index (χ1v) is 6.88. The largest absolute Gasteiger partial charge is 0.486 e. The Labute approximate surface area is 94.6 Å². The number of anilines is 2. The summed E-state index contributed by atoms with van der Waals surface area (Å²) in [6.45, 7) is 0. The maximum Gasteiger partial charge on any atom is 0.229 e. The molecule has 5 nitrogen and oxygen atoms in total. The van der Waals surface area contributed by atoms with Crippen molar-refractivity contribution in [1.82, 2.24) is 0 Å². The zero-order chi connectivity index (χ0) is 11.8. The molecule has 3 N–H and O–H groups in total. The number of rotatable bonds is 4. The molecule has 0 radical (unpaired) electrons. The van der Waals surface area contributed by atoms with Gasteiger partial charge in [0.1, 0.15) is 0 Å². The van der Waals surface area contributed by atoms with E-state index in [2.05, 4.69) is 4.72 Å². The van der Waals surface area contributed by atoms with Gasteiger partial charge in [0.2, 0.25) is 10.0 Å². The predicted octanol–water partition coefficient (Wildman–Crippen LogP) is 1.18. The quantitative estimate of drug-likeness (QED) is 0.777. The summed E-state index contributed by atoms with van der Waals surface area (Å²) in [5.74, 6) is 0.426. The molecule has 1 saturated carbocycles. The number of nitrogen functional groups attached to an aromatic ring is 1. The number of sulfonamides is 1. The molecule has 1 aliphatic rings. The van der Waals surface area contributed by atoms with Gasteiger partial charge in [-0.15, -0.1) is 0 Å². The third-order valence-corrected chi connectivity index (χ3v) is 2.74. The molecule has 1 aliphatic carbocycles. The number of para-hydroxylation sites is 1. The van der Waals surface area contributed by atoms with E-state index in [1.807, 2.05) is 0 Å². The van der Waals surface area contributed by atoms with Crippen LogP contribution in [0.25, 0.3) is 0 Å². The average Bonchev–Trinajstić information content (AvgIpc) is 2.92. The highest BCUT2D eigenvalue weighted by molar-refractivity contribution is 7.92. The lowest BCUT2D eigenvalue weighted by Crippen LogP contribution is -2.12. The molecular weight excluding hydrogens is 228 g/mol. The zero-order valence-corrected chi connectivity index (χ0v) is 9.75. The lowest BCUT2D eigenvalue weighted by atomic mass is 10.2. The normalized spacial score (nSPS) is 15.8. The highest BCUT2D eigenvalue weighted by Gasteiger charge is 2.26. The molecule has 0 unspecified atom stereocenters. The highest BCUT2D eigenvalue weighted by atomic mass is 32.2. The van der Waals surface area contributed by atoms with Gasteiger partial charge < -0.3 is 10.5 Å². The van der Waals surface area contributed by atoms with Gasteiger partial charge in [-0.25, -0.2) is 8.42 Å². The molecular formula is C10H14N2O3S. The van der Waals surface area contributed by atoms with Crippen LogP contribution in [-0.2, 0) is 10.0 Å². The van der Waals surface area contributed by atoms with E-state index in [1.54, 1.807) is 18.2 Å². The van der Waals surface area contributed by atoms with Gasteiger partial charge in [0.05, 0.1) is 23.7 Å². The summed E-state index contributed by atoms with van der Waals surface area (Å²) >= 11 is 0. The Kier molecular flexibility index (Phi) is 2.67. The van der Waals surface area contributed by atoms with Crippen molar-refractivity contribution in [3.05, 3.63) is 18.2 Å². The molecule has 0 spiro atoms. The molecule has 0 heterocycles. The summed E-state index contributed by atoms with van der Waals surface area (Å²) in [4.78, 5) is 0. The molecule has 88 valence electrons. The molecule has 1 aromatic carbocycles. The number of ether oxygens (including phenoxy) is 1. The fourth-order valence-electron chi connectivity index (χ4n) is 1.32. The first-order chi connectivity index (χ1) is 7.46. The smallest absolute Gasteiger partial charge is 0.229 e. The van der Waals surface area contributed by atoms with E-state index in [0.29, 0.717) is 17.1 Å². The fraction of sp³-hybridized carbons (Fsp3) is 0.400. The summed E-state index contributed by atoms with van der Waals surface area (Å²) in [5.41, 5.74) is 6.60. The second kappa shape index (κ2) is 3.86. The molecule has 6 heteroatoms. The molecule has 0 saturated heterocycles. The molecule has 0 aliphatic heterocycles. The number of nitrogens with two attached hydrogens (primary N) is 1. The Bertz CT molecular complexity index is 495. The van der Waals surface area contributed by atoms with Crippen molar-refractivity contribution in [2.24, 2.45) is 0 Å². The van der Waals surface area contributed by atoms with Gasteiger partial charge in [-0.3, -0.25) is 4.72 Å². The fourth-order valence-corrected chi connectivity index (χ4v) is 1.88. The van der Waals surface area contributed by atoms with E-state index in [1.165, 1.54) is 0 Å². The van der Waals surface area contributed by atoms with Crippen molar-refractivity contribution < 1.29 is 13.2 Å². The highest BCUT2D eigenvalue weighted by Crippen LogP contribution is 2.36.